The summed E-state index contributed by atoms with van der Waals surface area (Å²) in [4.78, 5) is 4.49. The van der Waals surface area contributed by atoms with Crippen LogP contribution in [-0.4, -0.2) is 28.4 Å². The van der Waals surface area contributed by atoms with Gasteiger partial charge in [-0.3, -0.25) is 4.98 Å². The van der Waals surface area contributed by atoms with E-state index in [1.807, 2.05) is 12.3 Å². The van der Waals surface area contributed by atoms with Crippen LogP contribution < -0.4 is 0 Å². The Bertz CT molecular complexity index is 462. The van der Waals surface area contributed by atoms with E-state index in [9.17, 15) is 5.11 Å². The predicted octanol–water partition coefficient (Wildman–Crippen LogP) is 2.04. The molecule has 18 heavy (non-hydrogen) atoms. The number of nitrogens with zero attached hydrogens (tertiary/aromatic N) is 1. The topological polar surface area (TPSA) is 42.4 Å². The van der Waals surface area contributed by atoms with E-state index < -0.39 is 0 Å². The summed E-state index contributed by atoms with van der Waals surface area (Å²) in [5.74, 6) is 0.566. The maximum atomic E-state index is 10.7. The van der Waals surface area contributed by atoms with Gasteiger partial charge in [0.25, 0.3) is 0 Å². The largest absolute Gasteiger partial charge is 0.392 e. The lowest BCUT2D eigenvalue weighted by Crippen LogP contribution is -2.33. The number of aromatic nitrogens is 1. The molecule has 5 atom stereocenters. The Kier molecular flexibility index (Phi) is 2.45. The van der Waals surface area contributed by atoms with Gasteiger partial charge in [0.2, 0.25) is 0 Å². The highest BCUT2D eigenvalue weighted by Gasteiger charge is 2.47. The lowest BCUT2D eigenvalue weighted by molar-refractivity contribution is 0.0283. The van der Waals surface area contributed by atoms with Crippen LogP contribution >= 0.6 is 0 Å². The minimum atomic E-state index is -0.267. The van der Waals surface area contributed by atoms with Gasteiger partial charge in [-0.05, 0) is 43.7 Å². The lowest BCUT2D eigenvalue weighted by atomic mass is 9.79. The van der Waals surface area contributed by atoms with Crippen LogP contribution in [0.1, 0.15) is 42.9 Å². The molecule has 3 nitrogen and oxygen atoms in total. The maximum absolute atomic E-state index is 10.7. The van der Waals surface area contributed by atoms with Gasteiger partial charge < -0.3 is 9.84 Å². The molecule has 2 bridgehead atoms. The number of aryl methyl sites for hydroxylation is 1. The second kappa shape index (κ2) is 4.04. The molecule has 3 aliphatic rings. The van der Waals surface area contributed by atoms with Crippen LogP contribution in [0.2, 0.25) is 0 Å². The van der Waals surface area contributed by atoms with E-state index in [1.165, 1.54) is 12.0 Å². The van der Waals surface area contributed by atoms with Crippen molar-refractivity contribution in [1.82, 2.24) is 4.98 Å². The zero-order valence-electron chi connectivity index (χ0n) is 10.5. The third-order valence-corrected chi connectivity index (χ3v) is 5.01. The molecule has 96 valence electrons. The van der Waals surface area contributed by atoms with Crippen LogP contribution in [0, 0.1) is 5.92 Å². The zero-order chi connectivity index (χ0) is 12.1. The van der Waals surface area contributed by atoms with Crippen molar-refractivity contribution in [2.24, 2.45) is 5.92 Å². The first-order valence-electron chi connectivity index (χ1n) is 7.10. The van der Waals surface area contributed by atoms with Crippen LogP contribution in [0.5, 0.6) is 0 Å². The molecule has 0 saturated carbocycles. The maximum Gasteiger partial charge on any atom is 0.0677 e. The summed E-state index contributed by atoms with van der Waals surface area (Å²) >= 11 is 0. The van der Waals surface area contributed by atoms with E-state index in [0.29, 0.717) is 18.1 Å². The van der Waals surface area contributed by atoms with Gasteiger partial charge in [-0.1, -0.05) is 6.07 Å². The van der Waals surface area contributed by atoms with E-state index in [-0.39, 0.29) is 12.0 Å². The molecule has 1 aromatic rings. The number of fused-ring (bicyclic) bond motifs is 3. The quantitative estimate of drug-likeness (QED) is 0.867. The lowest BCUT2D eigenvalue weighted by Gasteiger charge is -2.28. The van der Waals surface area contributed by atoms with E-state index in [0.717, 1.165) is 31.4 Å². The van der Waals surface area contributed by atoms with Crippen LogP contribution in [0.15, 0.2) is 18.3 Å². The monoisotopic (exact) mass is 245 g/mol. The molecule has 0 amide bonds. The van der Waals surface area contributed by atoms with Gasteiger partial charge in [0.05, 0.1) is 18.3 Å². The summed E-state index contributed by atoms with van der Waals surface area (Å²) in [5.41, 5.74) is 2.46. The Morgan fingerprint density at radius 2 is 2.28 bits per heavy atom. The smallest absolute Gasteiger partial charge is 0.0677 e. The van der Waals surface area contributed by atoms with Crippen LogP contribution in [-0.2, 0) is 11.2 Å². The molecular formula is C15H19NO2. The van der Waals surface area contributed by atoms with Crippen molar-refractivity contribution >= 4 is 0 Å². The van der Waals surface area contributed by atoms with Crippen molar-refractivity contribution in [3.63, 3.8) is 0 Å². The van der Waals surface area contributed by atoms with Crippen molar-refractivity contribution in [3.8, 4) is 0 Å². The molecule has 1 aromatic heterocycles. The first kappa shape index (κ1) is 10.9. The summed E-state index contributed by atoms with van der Waals surface area (Å²) < 4.78 is 5.87. The van der Waals surface area contributed by atoms with Crippen molar-refractivity contribution in [2.45, 2.75) is 56.3 Å². The Hall–Kier alpha value is -0.930. The van der Waals surface area contributed by atoms with Gasteiger partial charge in [-0.2, -0.15) is 0 Å². The van der Waals surface area contributed by atoms with Gasteiger partial charge >= 0.3 is 0 Å². The van der Waals surface area contributed by atoms with Crippen molar-refractivity contribution in [2.75, 3.05) is 0 Å². The normalized spacial score (nSPS) is 38.9. The summed E-state index contributed by atoms with van der Waals surface area (Å²) in [6.45, 7) is 0. The molecule has 0 aromatic carbocycles. The van der Waals surface area contributed by atoms with Crippen LogP contribution in [0.25, 0.3) is 0 Å². The summed E-state index contributed by atoms with van der Waals surface area (Å²) in [6.07, 6.45) is 7.77. The SMILES string of the molecule is OC(C1CCc2cccnc21)C1CC2CCC1O2. The predicted molar refractivity (Wildman–Crippen MR) is 67.3 cm³/mol. The molecule has 2 fully saturated rings. The van der Waals surface area contributed by atoms with Crippen molar-refractivity contribution in [3.05, 3.63) is 29.6 Å². The molecule has 5 unspecified atom stereocenters. The molecule has 1 aliphatic carbocycles. The second-order valence-corrected chi connectivity index (χ2v) is 5.96. The summed E-state index contributed by atoms with van der Waals surface area (Å²) in [5, 5.41) is 10.7. The molecule has 2 aliphatic heterocycles. The standard InChI is InChI=1S/C15H19NO2/c17-15(12-8-10-4-6-13(12)18-10)11-5-3-9-2-1-7-16-14(9)11/h1-2,7,10-13,15,17H,3-6,8H2. The fourth-order valence-electron chi connectivity index (χ4n) is 4.11. The number of aliphatic hydroxyl groups excluding tert-OH is 1. The fourth-order valence-corrected chi connectivity index (χ4v) is 4.11. The van der Waals surface area contributed by atoms with Gasteiger partial charge in [-0.25, -0.2) is 0 Å². The Labute approximate surface area is 107 Å². The summed E-state index contributed by atoms with van der Waals surface area (Å²) in [7, 11) is 0. The molecule has 2 saturated heterocycles. The highest BCUT2D eigenvalue weighted by molar-refractivity contribution is 5.30. The van der Waals surface area contributed by atoms with Gasteiger partial charge in [0, 0.05) is 23.7 Å². The van der Waals surface area contributed by atoms with Crippen molar-refractivity contribution < 1.29 is 9.84 Å². The van der Waals surface area contributed by atoms with E-state index in [2.05, 4.69) is 11.1 Å². The minimum Gasteiger partial charge on any atom is -0.392 e. The van der Waals surface area contributed by atoms with Crippen LogP contribution in [0.3, 0.4) is 0 Å². The fraction of sp³-hybridized carbons (Fsp3) is 0.667. The molecular weight excluding hydrogens is 226 g/mol. The zero-order valence-corrected chi connectivity index (χ0v) is 10.5. The number of rotatable bonds is 2. The summed E-state index contributed by atoms with van der Waals surface area (Å²) in [6, 6.07) is 4.14. The first-order chi connectivity index (χ1) is 8.83. The van der Waals surface area contributed by atoms with E-state index in [4.69, 9.17) is 4.74 Å². The van der Waals surface area contributed by atoms with Gasteiger partial charge in [-0.15, -0.1) is 0 Å². The number of hydrogen-bond donors (Lipinski definition) is 1. The highest BCUT2D eigenvalue weighted by Crippen LogP contribution is 2.45. The van der Waals surface area contributed by atoms with Crippen LogP contribution in [0.4, 0.5) is 0 Å². The Morgan fingerprint density at radius 1 is 1.33 bits per heavy atom. The minimum absolute atomic E-state index is 0.231. The number of aliphatic hydroxyl groups is 1. The Morgan fingerprint density at radius 3 is 3.06 bits per heavy atom. The molecule has 0 spiro atoms. The van der Waals surface area contributed by atoms with E-state index in [1.54, 1.807) is 0 Å². The number of ether oxygens (including phenoxy) is 1. The third-order valence-electron chi connectivity index (χ3n) is 5.01. The number of hydrogen-bond acceptors (Lipinski definition) is 3. The Balaban J connectivity index is 1.58. The molecule has 1 N–H and O–H groups in total. The highest BCUT2D eigenvalue weighted by atomic mass is 16.5. The third kappa shape index (κ3) is 1.54. The van der Waals surface area contributed by atoms with Gasteiger partial charge in [0.15, 0.2) is 0 Å². The number of pyridine rings is 1. The average Bonchev–Trinajstić information content (AvgIpc) is 3.12. The molecule has 4 rings (SSSR count). The van der Waals surface area contributed by atoms with E-state index >= 15 is 0 Å². The average molecular weight is 245 g/mol. The van der Waals surface area contributed by atoms with Crippen molar-refractivity contribution in [1.29, 1.82) is 0 Å². The molecule has 0 radical (unpaired) electrons. The second-order valence-electron chi connectivity index (χ2n) is 5.96. The molecule has 3 heterocycles. The molecule has 3 heteroatoms. The first-order valence-corrected chi connectivity index (χ1v) is 7.10. The van der Waals surface area contributed by atoms with Gasteiger partial charge in [0.1, 0.15) is 0 Å².